The Balaban J connectivity index is 1.44. The van der Waals surface area contributed by atoms with Gasteiger partial charge in [0.05, 0.1) is 16.7 Å². The lowest BCUT2D eigenvalue weighted by Crippen LogP contribution is -2.45. The van der Waals surface area contributed by atoms with E-state index in [9.17, 15) is 25.5 Å². The molecule has 5 N–H and O–H groups in total. The molecule has 0 fully saturated rings. The van der Waals surface area contributed by atoms with Crippen LogP contribution in [0.15, 0.2) is 89.3 Å². The summed E-state index contributed by atoms with van der Waals surface area (Å²) < 4.78 is 19.3. The summed E-state index contributed by atoms with van der Waals surface area (Å²) in [5.41, 5.74) is 5.19. The van der Waals surface area contributed by atoms with Crippen LogP contribution in [0, 0.1) is 6.92 Å². The molecule has 2 aliphatic rings. The van der Waals surface area contributed by atoms with Crippen molar-refractivity contribution in [3.05, 3.63) is 102 Å². The molecule has 0 bridgehead atoms. The molecule has 0 unspecified atom stereocenters. The fraction of sp³-hybridized carbons (Fsp3) is 0.0588. The zero-order valence-corrected chi connectivity index (χ0v) is 22.0. The van der Waals surface area contributed by atoms with Crippen LogP contribution in [-0.2, 0) is 5.79 Å². The maximum atomic E-state index is 11.5. The van der Waals surface area contributed by atoms with Gasteiger partial charge in [0.2, 0.25) is 0 Å². The largest absolute Gasteiger partial charge is 0.508 e. The second-order valence-corrected chi connectivity index (χ2v) is 10.6. The Morgan fingerprint density at radius 3 is 2.14 bits per heavy atom. The molecule has 3 heterocycles. The van der Waals surface area contributed by atoms with E-state index in [1.807, 2.05) is 19.1 Å². The van der Waals surface area contributed by atoms with Gasteiger partial charge in [-0.2, -0.15) is 0 Å². The molecule has 8 heteroatoms. The maximum Gasteiger partial charge on any atom is 0.310 e. The van der Waals surface area contributed by atoms with Gasteiger partial charge in [0.15, 0.2) is 0 Å². The van der Waals surface area contributed by atoms with Crippen molar-refractivity contribution in [2.24, 2.45) is 0 Å². The third kappa shape index (κ3) is 3.29. The number of benzene rings is 5. The minimum absolute atomic E-state index is 0.0118. The molecule has 1 aromatic heterocycles. The lowest BCUT2D eigenvalue weighted by Gasteiger charge is -2.44. The van der Waals surface area contributed by atoms with E-state index in [1.165, 1.54) is 30.3 Å². The normalized spacial score (nSPS) is 16.2. The summed E-state index contributed by atoms with van der Waals surface area (Å²) >= 11 is 0. The van der Waals surface area contributed by atoms with E-state index in [4.69, 9.17) is 13.9 Å². The molecule has 0 saturated carbocycles. The van der Waals surface area contributed by atoms with E-state index >= 15 is 0 Å². The van der Waals surface area contributed by atoms with Gasteiger partial charge in [-0.3, -0.25) is 0 Å². The molecule has 0 radical (unpaired) electrons. The van der Waals surface area contributed by atoms with Crippen molar-refractivity contribution in [3.8, 4) is 73.8 Å². The van der Waals surface area contributed by atoms with E-state index in [0.29, 0.717) is 44.9 Å². The highest BCUT2D eigenvalue weighted by Gasteiger charge is 2.52. The third-order valence-electron chi connectivity index (χ3n) is 7.85. The fourth-order valence-corrected chi connectivity index (χ4v) is 6.10. The third-order valence-corrected chi connectivity index (χ3v) is 7.85. The van der Waals surface area contributed by atoms with Gasteiger partial charge in [0.25, 0.3) is 0 Å². The molecule has 2 aliphatic heterocycles. The van der Waals surface area contributed by atoms with Gasteiger partial charge >= 0.3 is 5.79 Å². The van der Waals surface area contributed by atoms with E-state index < -0.39 is 5.79 Å². The van der Waals surface area contributed by atoms with Crippen molar-refractivity contribution in [1.82, 2.24) is 0 Å². The summed E-state index contributed by atoms with van der Waals surface area (Å²) in [7, 11) is 0. The first kappa shape index (κ1) is 24.1. The first-order chi connectivity index (χ1) is 20.2. The molecular weight excluding hydrogens is 536 g/mol. The minimum Gasteiger partial charge on any atom is -0.508 e. The number of hydrogen-bond acceptors (Lipinski definition) is 8. The van der Waals surface area contributed by atoms with Gasteiger partial charge < -0.3 is 39.4 Å². The molecule has 5 aromatic carbocycles. The summed E-state index contributed by atoms with van der Waals surface area (Å²) in [5, 5.41) is 53.7. The average Bonchev–Trinajstić information content (AvgIpc) is 3.35. The number of ether oxygens (including phenoxy) is 2. The Hall–Kier alpha value is -5.76. The summed E-state index contributed by atoms with van der Waals surface area (Å²) in [5.74, 6) is -1.14. The number of fused-ring (bicyclic) bond motifs is 5. The van der Waals surface area contributed by atoms with E-state index in [2.05, 4.69) is 0 Å². The number of phenolic OH excluding ortho intramolecular Hbond substituents is 5. The van der Waals surface area contributed by atoms with Crippen LogP contribution in [0.1, 0.15) is 16.7 Å². The predicted octanol–water partition coefficient (Wildman–Crippen LogP) is 7.26. The lowest BCUT2D eigenvalue weighted by atomic mass is 9.78. The molecule has 0 spiro atoms. The van der Waals surface area contributed by atoms with Crippen LogP contribution in [0.2, 0.25) is 0 Å². The van der Waals surface area contributed by atoms with Crippen LogP contribution in [-0.4, -0.2) is 25.5 Å². The Kier molecular flexibility index (Phi) is 4.67. The average molecular weight is 559 g/mol. The number of rotatable bonds is 2. The Labute approximate surface area is 238 Å². The highest BCUT2D eigenvalue weighted by atomic mass is 16.7. The smallest absolute Gasteiger partial charge is 0.310 e. The maximum absolute atomic E-state index is 11.5. The molecule has 0 aliphatic carbocycles. The summed E-state index contributed by atoms with van der Waals surface area (Å²) in [6.07, 6.45) is 0. The molecule has 0 amide bonds. The van der Waals surface area contributed by atoms with Gasteiger partial charge in [-0.1, -0.05) is 12.1 Å². The molecule has 206 valence electrons. The van der Waals surface area contributed by atoms with Gasteiger partial charge in [0, 0.05) is 40.3 Å². The summed E-state index contributed by atoms with van der Waals surface area (Å²) in [6.45, 7) is 1.94. The number of aryl methyl sites for hydroxylation is 1. The number of phenols is 5. The second-order valence-electron chi connectivity index (χ2n) is 10.6. The first-order valence-corrected chi connectivity index (χ1v) is 13.2. The number of furan rings is 1. The van der Waals surface area contributed by atoms with Gasteiger partial charge in [-0.15, -0.1) is 0 Å². The second kappa shape index (κ2) is 8.14. The van der Waals surface area contributed by atoms with Crippen molar-refractivity contribution in [1.29, 1.82) is 0 Å². The molecular formula is C34H22O8. The van der Waals surface area contributed by atoms with Crippen molar-refractivity contribution >= 4 is 11.0 Å². The molecule has 1 atom stereocenters. The number of aromatic hydroxyl groups is 5. The van der Waals surface area contributed by atoms with E-state index in [1.54, 1.807) is 42.5 Å². The Bertz CT molecular complexity index is 2130. The van der Waals surface area contributed by atoms with E-state index in [0.717, 1.165) is 16.5 Å². The van der Waals surface area contributed by atoms with Gasteiger partial charge in [0.1, 0.15) is 51.6 Å². The van der Waals surface area contributed by atoms with Crippen molar-refractivity contribution in [2.45, 2.75) is 12.7 Å². The van der Waals surface area contributed by atoms with Crippen LogP contribution < -0.4 is 9.47 Å². The van der Waals surface area contributed by atoms with Crippen LogP contribution in [0.25, 0.3) is 44.5 Å². The van der Waals surface area contributed by atoms with Gasteiger partial charge in [-0.05, 0) is 72.6 Å². The quantitative estimate of drug-likeness (QED) is 0.150. The monoisotopic (exact) mass is 558 g/mol. The van der Waals surface area contributed by atoms with Crippen molar-refractivity contribution in [3.63, 3.8) is 0 Å². The van der Waals surface area contributed by atoms with Crippen LogP contribution in [0.4, 0.5) is 0 Å². The van der Waals surface area contributed by atoms with Crippen LogP contribution in [0.3, 0.4) is 0 Å². The molecule has 8 rings (SSSR count). The summed E-state index contributed by atoms with van der Waals surface area (Å²) in [6, 6.07) is 22.8. The lowest BCUT2D eigenvalue weighted by molar-refractivity contribution is -0.0893. The van der Waals surface area contributed by atoms with E-state index in [-0.39, 0.29) is 40.1 Å². The molecule has 6 aromatic rings. The summed E-state index contributed by atoms with van der Waals surface area (Å²) in [4.78, 5) is 0. The zero-order valence-electron chi connectivity index (χ0n) is 22.0. The van der Waals surface area contributed by atoms with Crippen LogP contribution >= 0.6 is 0 Å². The van der Waals surface area contributed by atoms with Crippen molar-refractivity contribution < 1.29 is 39.4 Å². The SMILES string of the molecule is Cc1cc2c3c(c1)-c1c(O)cc(-c4cc5ccc(O)cc5o4)cc1O[C@@]3(c1ccc(O)cc1O)Oc1cc(O)ccc1-2. The molecule has 42 heavy (non-hydrogen) atoms. The first-order valence-electron chi connectivity index (χ1n) is 13.2. The highest BCUT2D eigenvalue weighted by Crippen LogP contribution is 2.60. The fourth-order valence-electron chi connectivity index (χ4n) is 6.10. The minimum atomic E-state index is -1.76. The predicted molar refractivity (Wildman–Crippen MR) is 154 cm³/mol. The van der Waals surface area contributed by atoms with Crippen LogP contribution in [0.5, 0.6) is 40.2 Å². The Morgan fingerprint density at radius 1 is 0.595 bits per heavy atom. The van der Waals surface area contributed by atoms with Gasteiger partial charge in [-0.25, -0.2) is 0 Å². The number of hydrogen-bond donors (Lipinski definition) is 5. The highest BCUT2D eigenvalue weighted by molar-refractivity contribution is 5.93. The molecule has 8 nitrogen and oxygen atoms in total. The van der Waals surface area contributed by atoms with Crippen molar-refractivity contribution in [2.75, 3.05) is 0 Å². The topological polar surface area (TPSA) is 133 Å². The Morgan fingerprint density at radius 2 is 1.31 bits per heavy atom. The molecule has 0 saturated heterocycles. The zero-order chi connectivity index (χ0) is 28.9. The standard InChI is InChI=1S/C34H22O8/c1-16-8-23-22-6-4-21(37)15-30(22)41-34(25-7-5-19(35)13-26(25)38)33(23)24(9-16)32-27(39)10-18(12-31(32)42-34)28-11-17-2-3-20(36)14-29(17)40-28/h2-15,35-39H,1H3/t34-/m1/s1.